The molecule has 0 saturated heterocycles. The summed E-state index contributed by atoms with van der Waals surface area (Å²) in [6.45, 7) is 0. The first-order valence-electron chi connectivity index (χ1n) is 6.45. The first-order valence-corrected chi connectivity index (χ1v) is 7.25. The van der Waals surface area contributed by atoms with Crippen LogP contribution in [0.1, 0.15) is 29.8 Å². The summed E-state index contributed by atoms with van der Waals surface area (Å²) in [5.41, 5.74) is 1.88. The summed E-state index contributed by atoms with van der Waals surface area (Å²) in [6.07, 6.45) is -0.0941. The minimum absolute atomic E-state index is 0.135. The zero-order valence-corrected chi connectivity index (χ0v) is 12.6. The highest BCUT2D eigenvalue weighted by molar-refractivity contribution is 9.10. The van der Waals surface area contributed by atoms with Crippen LogP contribution in [0.5, 0.6) is 11.5 Å². The van der Waals surface area contributed by atoms with Crippen LogP contribution in [-0.4, -0.2) is 12.2 Å². The van der Waals surface area contributed by atoms with Gasteiger partial charge in [-0.2, -0.15) is 0 Å². The van der Waals surface area contributed by atoms with E-state index < -0.39 is 6.10 Å². The number of methoxy groups -OCH3 is 1. The first-order chi connectivity index (χ1) is 9.67. The number of benzene rings is 2. The summed E-state index contributed by atoms with van der Waals surface area (Å²) in [6, 6.07) is 13.5. The van der Waals surface area contributed by atoms with E-state index in [0.717, 1.165) is 27.1 Å². The zero-order valence-electron chi connectivity index (χ0n) is 11.0. The van der Waals surface area contributed by atoms with Crippen molar-refractivity contribution in [3.05, 3.63) is 58.1 Å². The third-order valence-corrected chi connectivity index (χ3v) is 4.02. The minimum atomic E-state index is -0.511. The predicted molar refractivity (Wildman–Crippen MR) is 80.1 cm³/mol. The molecule has 0 spiro atoms. The Morgan fingerprint density at radius 2 is 1.95 bits per heavy atom. The number of hydrogen-bond donors (Lipinski definition) is 1. The lowest BCUT2D eigenvalue weighted by molar-refractivity contribution is 0.0656. The van der Waals surface area contributed by atoms with Gasteiger partial charge in [0.1, 0.15) is 17.6 Å². The Bertz CT molecular complexity index is 610. The molecule has 1 N–H and O–H groups in total. The smallest absolute Gasteiger partial charge is 0.127 e. The molecule has 0 saturated carbocycles. The second kappa shape index (κ2) is 5.46. The monoisotopic (exact) mass is 334 g/mol. The molecule has 3 rings (SSSR count). The van der Waals surface area contributed by atoms with E-state index in [0.29, 0.717) is 6.42 Å². The van der Waals surface area contributed by atoms with Crippen molar-refractivity contribution in [3.8, 4) is 11.5 Å². The number of aliphatic hydroxyl groups excluding tert-OH is 1. The van der Waals surface area contributed by atoms with Crippen LogP contribution >= 0.6 is 15.9 Å². The summed E-state index contributed by atoms with van der Waals surface area (Å²) in [4.78, 5) is 0. The molecule has 1 aliphatic heterocycles. The normalized spacial score (nSPS) is 20.9. The SMILES string of the molecule is COc1ccc(C2C[C@H](O)c3cc(Br)ccc3O2)cc1. The van der Waals surface area contributed by atoms with Gasteiger partial charge in [0.15, 0.2) is 0 Å². The van der Waals surface area contributed by atoms with E-state index in [2.05, 4.69) is 15.9 Å². The average Bonchev–Trinajstić information content (AvgIpc) is 2.48. The predicted octanol–water partition coefficient (Wildman–Crippen LogP) is 4.01. The van der Waals surface area contributed by atoms with E-state index in [1.165, 1.54) is 0 Å². The summed E-state index contributed by atoms with van der Waals surface area (Å²) >= 11 is 3.41. The van der Waals surface area contributed by atoms with E-state index in [4.69, 9.17) is 9.47 Å². The molecule has 1 unspecified atom stereocenters. The van der Waals surface area contributed by atoms with Gasteiger partial charge in [0, 0.05) is 16.5 Å². The summed E-state index contributed by atoms with van der Waals surface area (Å²) in [5.74, 6) is 1.56. The van der Waals surface area contributed by atoms with Gasteiger partial charge in [0.05, 0.1) is 13.2 Å². The van der Waals surface area contributed by atoms with Gasteiger partial charge < -0.3 is 14.6 Å². The third-order valence-electron chi connectivity index (χ3n) is 3.52. The van der Waals surface area contributed by atoms with Crippen LogP contribution in [0.15, 0.2) is 46.9 Å². The third kappa shape index (κ3) is 2.53. The quantitative estimate of drug-likeness (QED) is 0.901. The first kappa shape index (κ1) is 13.5. The average molecular weight is 335 g/mol. The number of aliphatic hydroxyl groups is 1. The fourth-order valence-electron chi connectivity index (χ4n) is 2.44. The minimum Gasteiger partial charge on any atom is -0.497 e. The van der Waals surface area contributed by atoms with Crippen LogP contribution in [0.3, 0.4) is 0 Å². The molecule has 1 aliphatic rings. The van der Waals surface area contributed by atoms with E-state index in [-0.39, 0.29) is 6.10 Å². The Kier molecular flexibility index (Phi) is 3.68. The Balaban J connectivity index is 1.88. The van der Waals surface area contributed by atoms with Gasteiger partial charge in [0.2, 0.25) is 0 Å². The van der Waals surface area contributed by atoms with Crippen LogP contribution in [0, 0.1) is 0 Å². The molecule has 2 atom stereocenters. The number of fused-ring (bicyclic) bond motifs is 1. The van der Waals surface area contributed by atoms with Gasteiger partial charge in [-0.05, 0) is 35.9 Å². The van der Waals surface area contributed by atoms with Gasteiger partial charge in [0.25, 0.3) is 0 Å². The highest BCUT2D eigenvalue weighted by atomic mass is 79.9. The van der Waals surface area contributed by atoms with Crippen LogP contribution in [0.4, 0.5) is 0 Å². The molecular formula is C16H15BrO3. The number of rotatable bonds is 2. The Morgan fingerprint density at radius 3 is 2.65 bits per heavy atom. The molecule has 0 aromatic heterocycles. The van der Waals surface area contributed by atoms with E-state index >= 15 is 0 Å². The summed E-state index contributed by atoms with van der Waals surface area (Å²) < 4.78 is 12.1. The molecule has 20 heavy (non-hydrogen) atoms. The van der Waals surface area contributed by atoms with E-state index in [1.54, 1.807) is 7.11 Å². The second-order valence-electron chi connectivity index (χ2n) is 4.81. The molecule has 0 fully saturated rings. The van der Waals surface area contributed by atoms with Crippen LogP contribution in [0.2, 0.25) is 0 Å². The largest absolute Gasteiger partial charge is 0.497 e. The number of hydrogen-bond acceptors (Lipinski definition) is 3. The Hall–Kier alpha value is -1.52. The molecule has 2 aromatic carbocycles. The molecule has 0 radical (unpaired) electrons. The number of ether oxygens (including phenoxy) is 2. The lowest BCUT2D eigenvalue weighted by Gasteiger charge is -2.30. The van der Waals surface area contributed by atoms with Crippen molar-refractivity contribution < 1.29 is 14.6 Å². The zero-order chi connectivity index (χ0) is 14.1. The van der Waals surface area contributed by atoms with Gasteiger partial charge in [-0.25, -0.2) is 0 Å². The second-order valence-corrected chi connectivity index (χ2v) is 5.73. The van der Waals surface area contributed by atoms with Gasteiger partial charge in [-0.1, -0.05) is 28.1 Å². The highest BCUT2D eigenvalue weighted by Gasteiger charge is 2.28. The molecule has 0 aliphatic carbocycles. The molecule has 0 amide bonds. The van der Waals surface area contributed by atoms with Crippen molar-refractivity contribution in [1.82, 2.24) is 0 Å². The molecular weight excluding hydrogens is 320 g/mol. The van der Waals surface area contributed by atoms with Gasteiger partial charge in [-0.3, -0.25) is 0 Å². The maximum atomic E-state index is 10.3. The summed E-state index contributed by atoms with van der Waals surface area (Å²) in [5, 5.41) is 10.3. The van der Waals surface area contributed by atoms with Crippen molar-refractivity contribution in [2.45, 2.75) is 18.6 Å². The molecule has 104 valence electrons. The van der Waals surface area contributed by atoms with Crippen LogP contribution < -0.4 is 9.47 Å². The maximum Gasteiger partial charge on any atom is 0.127 e. The van der Waals surface area contributed by atoms with Crippen molar-refractivity contribution in [3.63, 3.8) is 0 Å². The van der Waals surface area contributed by atoms with Gasteiger partial charge >= 0.3 is 0 Å². The number of halogens is 1. The van der Waals surface area contributed by atoms with E-state index in [1.807, 2.05) is 42.5 Å². The van der Waals surface area contributed by atoms with Crippen molar-refractivity contribution >= 4 is 15.9 Å². The van der Waals surface area contributed by atoms with Crippen molar-refractivity contribution in [2.24, 2.45) is 0 Å². The lowest BCUT2D eigenvalue weighted by Crippen LogP contribution is -2.19. The summed E-state index contributed by atoms with van der Waals surface area (Å²) in [7, 11) is 1.64. The fraction of sp³-hybridized carbons (Fsp3) is 0.250. The Morgan fingerprint density at radius 1 is 1.20 bits per heavy atom. The standard InChI is InChI=1S/C16H15BrO3/c1-19-12-5-2-10(3-6-12)16-9-14(18)13-8-11(17)4-7-15(13)20-16/h2-8,14,16,18H,9H2,1H3/t14-,16?/m0/s1. The van der Waals surface area contributed by atoms with E-state index in [9.17, 15) is 5.11 Å². The van der Waals surface area contributed by atoms with Crippen LogP contribution in [-0.2, 0) is 0 Å². The Labute approximate surface area is 126 Å². The topological polar surface area (TPSA) is 38.7 Å². The molecule has 3 nitrogen and oxygen atoms in total. The lowest BCUT2D eigenvalue weighted by atomic mass is 9.95. The molecule has 2 aromatic rings. The molecule has 0 bridgehead atoms. The highest BCUT2D eigenvalue weighted by Crippen LogP contribution is 2.41. The molecule has 4 heteroatoms. The van der Waals surface area contributed by atoms with Crippen LogP contribution in [0.25, 0.3) is 0 Å². The fourth-order valence-corrected chi connectivity index (χ4v) is 2.82. The van der Waals surface area contributed by atoms with Crippen molar-refractivity contribution in [1.29, 1.82) is 0 Å². The van der Waals surface area contributed by atoms with Crippen molar-refractivity contribution in [2.75, 3.05) is 7.11 Å². The molecule has 1 heterocycles. The maximum absolute atomic E-state index is 10.3. The van der Waals surface area contributed by atoms with Gasteiger partial charge in [-0.15, -0.1) is 0 Å².